The van der Waals surface area contributed by atoms with Crippen LogP contribution in [-0.2, 0) is 6.42 Å². The number of fused-ring (bicyclic) bond motifs is 1. The summed E-state index contributed by atoms with van der Waals surface area (Å²) in [6, 6.07) is 14.6. The normalized spacial score (nSPS) is 11.1. The van der Waals surface area contributed by atoms with Crippen LogP contribution in [0.4, 0.5) is 0 Å². The average molecular weight is 434 g/mol. The zero-order valence-electron chi connectivity index (χ0n) is 14.3. The van der Waals surface area contributed by atoms with E-state index in [4.69, 9.17) is 9.84 Å². The Labute approximate surface area is 157 Å². The van der Waals surface area contributed by atoms with Crippen molar-refractivity contribution >= 4 is 28.1 Å². The highest BCUT2D eigenvalue weighted by Crippen LogP contribution is 2.25. The fourth-order valence-corrected chi connectivity index (χ4v) is 3.61. The Morgan fingerprint density at radius 3 is 2.54 bits per heavy atom. The molecular weight excluding hydrogens is 411 g/mol. The summed E-state index contributed by atoms with van der Waals surface area (Å²) < 4.78 is 8.65. The second-order valence-corrected chi connectivity index (χ2v) is 7.20. The summed E-state index contributed by atoms with van der Waals surface area (Å²) in [5, 5.41) is 4.87. The highest BCUT2D eigenvalue weighted by molar-refractivity contribution is 14.1. The van der Waals surface area contributed by atoms with Crippen molar-refractivity contribution in [1.82, 2.24) is 9.61 Å². The van der Waals surface area contributed by atoms with E-state index in [1.54, 1.807) is 7.11 Å². The molecule has 0 aliphatic heterocycles. The molecular formula is C20H23IN2O. The number of aryl methyl sites for hydroxylation is 1. The summed E-state index contributed by atoms with van der Waals surface area (Å²) in [5.74, 6) is 0.869. The second-order valence-electron chi connectivity index (χ2n) is 6.03. The van der Waals surface area contributed by atoms with Gasteiger partial charge in [-0.05, 0) is 77.9 Å². The molecule has 2 aromatic heterocycles. The number of methoxy groups -OCH3 is 1. The molecule has 4 heteroatoms. The minimum Gasteiger partial charge on any atom is -0.497 e. The molecule has 24 heavy (non-hydrogen) atoms. The smallest absolute Gasteiger partial charge is 0.118 e. The third kappa shape index (κ3) is 3.74. The zero-order chi connectivity index (χ0) is 16.9. The lowest BCUT2D eigenvalue weighted by Crippen LogP contribution is -2.02. The molecule has 3 aromatic rings. The van der Waals surface area contributed by atoms with E-state index in [0.717, 1.165) is 28.9 Å². The predicted molar refractivity (Wildman–Crippen MR) is 108 cm³/mol. The summed E-state index contributed by atoms with van der Waals surface area (Å²) in [6.45, 7) is 2.25. The van der Waals surface area contributed by atoms with Crippen LogP contribution in [0.25, 0.3) is 16.8 Å². The fourth-order valence-electron chi connectivity index (χ4n) is 2.93. The predicted octanol–water partition coefficient (Wildman–Crippen LogP) is 5.74. The fraction of sp³-hybridized carbons (Fsp3) is 0.350. The van der Waals surface area contributed by atoms with Crippen LogP contribution in [0.3, 0.4) is 0 Å². The number of rotatable bonds is 7. The third-order valence-electron chi connectivity index (χ3n) is 4.32. The van der Waals surface area contributed by atoms with Crippen molar-refractivity contribution < 1.29 is 4.74 Å². The van der Waals surface area contributed by atoms with Gasteiger partial charge >= 0.3 is 0 Å². The molecule has 0 aliphatic carbocycles. The van der Waals surface area contributed by atoms with E-state index in [1.165, 1.54) is 34.9 Å². The van der Waals surface area contributed by atoms with Gasteiger partial charge in [-0.15, -0.1) is 0 Å². The molecule has 0 spiro atoms. The van der Waals surface area contributed by atoms with Crippen molar-refractivity contribution in [1.29, 1.82) is 0 Å². The number of hydrogen-bond donors (Lipinski definition) is 0. The highest BCUT2D eigenvalue weighted by atomic mass is 127. The number of pyridine rings is 1. The van der Waals surface area contributed by atoms with E-state index in [-0.39, 0.29) is 0 Å². The van der Waals surface area contributed by atoms with Crippen LogP contribution in [-0.4, -0.2) is 16.7 Å². The van der Waals surface area contributed by atoms with E-state index >= 15 is 0 Å². The van der Waals surface area contributed by atoms with Gasteiger partial charge in [0.05, 0.1) is 24.0 Å². The first-order valence-corrected chi connectivity index (χ1v) is 9.62. The maximum atomic E-state index is 5.24. The first kappa shape index (κ1) is 17.3. The van der Waals surface area contributed by atoms with Gasteiger partial charge in [-0.1, -0.05) is 26.2 Å². The Morgan fingerprint density at radius 1 is 1.04 bits per heavy atom. The first-order valence-electron chi connectivity index (χ1n) is 8.54. The molecule has 0 amide bonds. The van der Waals surface area contributed by atoms with Crippen molar-refractivity contribution in [2.45, 2.75) is 39.0 Å². The molecule has 0 bridgehead atoms. The molecule has 3 rings (SSSR count). The summed E-state index contributed by atoms with van der Waals surface area (Å²) in [6.07, 6.45) is 6.17. The topological polar surface area (TPSA) is 26.5 Å². The molecule has 0 atom stereocenters. The molecule has 3 nitrogen and oxygen atoms in total. The van der Waals surface area contributed by atoms with Gasteiger partial charge in [0, 0.05) is 9.13 Å². The van der Waals surface area contributed by atoms with E-state index in [9.17, 15) is 0 Å². The molecule has 0 fully saturated rings. The quantitative estimate of drug-likeness (QED) is 0.350. The van der Waals surface area contributed by atoms with Crippen LogP contribution >= 0.6 is 22.6 Å². The Kier molecular flexibility index (Phi) is 5.76. The number of benzene rings is 1. The largest absolute Gasteiger partial charge is 0.497 e. The minimum absolute atomic E-state index is 0.869. The van der Waals surface area contributed by atoms with Crippen LogP contribution < -0.4 is 4.74 Å². The lowest BCUT2D eigenvalue weighted by Gasteiger charge is -2.07. The van der Waals surface area contributed by atoms with Crippen LogP contribution in [0.1, 0.15) is 38.3 Å². The standard InChI is InChI=1S/C20H23IN2O/c1-3-4-5-6-7-20-18(21)13-10-16-14-19(22-23(16)20)15-8-11-17(24-2)12-9-15/h8-14H,3-7H2,1-2H3. The lowest BCUT2D eigenvalue weighted by atomic mass is 10.1. The van der Waals surface area contributed by atoms with Crippen molar-refractivity contribution in [3.05, 3.63) is 51.7 Å². The summed E-state index contributed by atoms with van der Waals surface area (Å²) in [7, 11) is 1.69. The maximum absolute atomic E-state index is 5.24. The van der Waals surface area contributed by atoms with Crippen LogP contribution in [0.2, 0.25) is 0 Å². The Hall–Kier alpha value is -1.56. The van der Waals surface area contributed by atoms with Gasteiger partial charge in [0.2, 0.25) is 0 Å². The molecule has 0 saturated heterocycles. The lowest BCUT2D eigenvalue weighted by molar-refractivity contribution is 0.415. The summed E-state index contributed by atoms with van der Waals surface area (Å²) in [4.78, 5) is 0. The number of unbranched alkanes of at least 4 members (excludes halogenated alkanes) is 3. The number of ether oxygens (including phenoxy) is 1. The maximum Gasteiger partial charge on any atom is 0.118 e. The van der Waals surface area contributed by atoms with Gasteiger partial charge < -0.3 is 4.74 Å². The van der Waals surface area contributed by atoms with E-state index in [1.807, 2.05) is 12.1 Å². The average Bonchev–Trinajstić information content (AvgIpc) is 3.04. The van der Waals surface area contributed by atoms with Gasteiger partial charge in [0.1, 0.15) is 5.75 Å². The van der Waals surface area contributed by atoms with E-state index < -0.39 is 0 Å². The third-order valence-corrected chi connectivity index (χ3v) is 5.30. The van der Waals surface area contributed by atoms with Crippen molar-refractivity contribution in [3.8, 4) is 17.0 Å². The molecule has 1 aromatic carbocycles. The van der Waals surface area contributed by atoms with Gasteiger partial charge in [-0.3, -0.25) is 0 Å². The number of aromatic nitrogens is 2. The van der Waals surface area contributed by atoms with E-state index in [2.05, 4.69) is 64.4 Å². The van der Waals surface area contributed by atoms with Crippen molar-refractivity contribution in [2.24, 2.45) is 0 Å². The zero-order valence-corrected chi connectivity index (χ0v) is 16.4. The second kappa shape index (κ2) is 8.01. The van der Waals surface area contributed by atoms with Crippen LogP contribution in [0.15, 0.2) is 42.5 Å². The Morgan fingerprint density at radius 2 is 1.83 bits per heavy atom. The first-order chi connectivity index (χ1) is 11.7. The van der Waals surface area contributed by atoms with Gasteiger partial charge in [-0.2, -0.15) is 5.10 Å². The summed E-state index contributed by atoms with van der Waals surface area (Å²) in [5.41, 5.74) is 4.61. The summed E-state index contributed by atoms with van der Waals surface area (Å²) >= 11 is 2.43. The minimum atomic E-state index is 0.869. The van der Waals surface area contributed by atoms with Crippen molar-refractivity contribution in [2.75, 3.05) is 7.11 Å². The molecule has 2 heterocycles. The van der Waals surface area contributed by atoms with Crippen LogP contribution in [0, 0.1) is 3.57 Å². The van der Waals surface area contributed by atoms with Gasteiger partial charge in [0.15, 0.2) is 0 Å². The molecule has 126 valence electrons. The highest BCUT2D eigenvalue weighted by Gasteiger charge is 2.10. The molecule has 0 saturated carbocycles. The van der Waals surface area contributed by atoms with Gasteiger partial charge in [0.25, 0.3) is 0 Å². The molecule has 0 unspecified atom stereocenters. The molecule has 0 aliphatic rings. The Bertz CT molecular complexity index is 808. The Balaban J connectivity index is 1.91. The van der Waals surface area contributed by atoms with E-state index in [0.29, 0.717) is 0 Å². The van der Waals surface area contributed by atoms with Crippen LogP contribution in [0.5, 0.6) is 5.75 Å². The molecule has 0 N–H and O–H groups in total. The number of nitrogens with zero attached hydrogens (tertiary/aromatic N) is 2. The SMILES string of the molecule is CCCCCCc1c(I)ccc2cc(-c3ccc(OC)cc3)nn12. The monoisotopic (exact) mass is 434 g/mol. The number of halogens is 1. The van der Waals surface area contributed by atoms with Gasteiger partial charge in [-0.25, -0.2) is 4.52 Å². The van der Waals surface area contributed by atoms with Crippen molar-refractivity contribution in [3.63, 3.8) is 0 Å². The number of hydrogen-bond acceptors (Lipinski definition) is 2. The molecule has 0 radical (unpaired) electrons.